The fourth-order valence-corrected chi connectivity index (χ4v) is 2.54. The molecule has 0 aliphatic rings. The van der Waals surface area contributed by atoms with Gasteiger partial charge in [-0.2, -0.15) is 23.4 Å². The molecule has 0 unspecified atom stereocenters. The van der Waals surface area contributed by atoms with Gasteiger partial charge in [-0.1, -0.05) is 18.5 Å². The molecule has 1 atom stereocenters. The second-order valence-corrected chi connectivity index (χ2v) is 6.04. The number of halogens is 4. The highest BCUT2D eigenvalue weighted by molar-refractivity contribution is 6.33. The Morgan fingerprint density at radius 2 is 2.12 bits per heavy atom. The van der Waals surface area contributed by atoms with E-state index in [1.807, 2.05) is 0 Å². The number of carbonyl (C=O) groups is 1. The lowest BCUT2D eigenvalue weighted by Crippen LogP contribution is -2.32. The first kappa shape index (κ1) is 18.3. The van der Waals surface area contributed by atoms with E-state index in [4.69, 9.17) is 11.6 Å². The van der Waals surface area contributed by atoms with Crippen LogP contribution in [0, 0.1) is 12.8 Å². The van der Waals surface area contributed by atoms with Gasteiger partial charge >= 0.3 is 6.18 Å². The molecule has 1 amide bonds. The van der Waals surface area contributed by atoms with E-state index in [0.29, 0.717) is 5.69 Å². The number of hydrogen-bond donors (Lipinski definition) is 1. The zero-order chi connectivity index (χ0) is 18.1. The molecule has 2 aromatic heterocycles. The number of alkyl halides is 3. The number of nitrogens with one attached hydrogen (secondary N) is 1. The Hall–Kier alpha value is -2.03. The number of aryl methyl sites for hydroxylation is 2. The lowest BCUT2D eigenvalue weighted by Gasteiger charge is -2.16. The molecule has 0 aliphatic carbocycles. The van der Waals surface area contributed by atoms with Crippen molar-refractivity contribution in [3.05, 3.63) is 34.4 Å². The Balaban J connectivity index is 2.00. The first-order valence-corrected chi connectivity index (χ1v) is 7.54. The van der Waals surface area contributed by atoms with E-state index in [2.05, 4.69) is 15.5 Å². The molecule has 0 bridgehead atoms. The van der Waals surface area contributed by atoms with Gasteiger partial charge in [-0.3, -0.25) is 14.2 Å². The fraction of sp³-hybridized carbons (Fsp3) is 0.500. The van der Waals surface area contributed by atoms with Crippen molar-refractivity contribution >= 4 is 17.5 Å². The van der Waals surface area contributed by atoms with Gasteiger partial charge in [0.1, 0.15) is 11.4 Å². The van der Waals surface area contributed by atoms with Crippen molar-refractivity contribution < 1.29 is 18.0 Å². The van der Waals surface area contributed by atoms with Crippen LogP contribution in [0.15, 0.2) is 12.3 Å². The van der Waals surface area contributed by atoms with Gasteiger partial charge in [0.2, 0.25) is 0 Å². The maximum Gasteiger partial charge on any atom is 0.433 e. The number of carbonyl (C=O) groups excluding carboxylic acids is 1. The van der Waals surface area contributed by atoms with E-state index < -0.39 is 17.8 Å². The van der Waals surface area contributed by atoms with Gasteiger partial charge in [0.05, 0.1) is 16.9 Å². The Labute approximate surface area is 141 Å². The maximum atomic E-state index is 12.9. The van der Waals surface area contributed by atoms with E-state index in [-0.39, 0.29) is 29.7 Å². The average molecular weight is 364 g/mol. The summed E-state index contributed by atoms with van der Waals surface area (Å²) in [6, 6.07) is 1.00. The second kappa shape index (κ2) is 6.84. The molecule has 6 nitrogen and oxygen atoms in total. The summed E-state index contributed by atoms with van der Waals surface area (Å²) in [6.07, 6.45) is -3.12. The highest BCUT2D eigenvalue weighted by Gasteiger charge is 2.35. The highest BCUT2D eigenvalue weighted by Crippen LogP contribution is 2.30. The largest absolute Gasteiger partial charge is 0.433 e. The van der Waals surface area contributed by atoms with Crippen LogP contribution >= 0.6 is 11.6 Å². The van der Waals surface area contributed by atoms with Crippen molar-refractivity contribution in [2.24, 2.45) is 13.0 Å². The Morgan fingerprint density at radius 3 is 2.67 bits per heavy atom. The van der Waals surface area contributed by atoms with Gasteiger partial charge in [0.15, 0.2) is 0 Å². The third kappa shape index (κ3) is 4.08. The second-order valence-electron chi connectivity index (χ2n) is 5.63. The predicted octanol–water partition coefficient (Wildman–Crippen LogP) is 2.66. The van der Waals surface area contributed by atoms with Crippen molar-refractivity contribution in [3.8, 4) is 0 Å². The van der Waals surface area contributed by atoms with Crippen LogP contribution in [-0.4, -0.2) is 32.0 Å². The quantitative estimate of drug-likeness (QED) is 0.888. The third-order valence-electron chi connectivity index (χ3n) is 3.40. The molecular weight excluding hydrogens is 347 g/mol. The molecule has 1 N–H and O–H groups in total. The van der Waals surface area contributed by atoms with Crippen LogP contribution in [0.1, 0.15) is 28.8 Å². The monoisotopic (exact) mass is 363 g/mol. The molecule has 2 heterocycles. The summed E-state index contributed by atoms with van der Waals surface area (Å²) < 4.78 is 41.1. The molecule has 0 spiro atoms. The first-order valence-electron chi connectivity index (χ1n) is 7.17. The van der Waals surface area contributed by atoms with Gasteiger partial charge in [0, 0.05) is 20.1 Å². The number of aromatic nitrogens is 4. The van der Waals surface area contributed by atoms with Gasteiger partial charge < -0.3 is 5.32 Å². The average Bonchev–Trinajstić information content (AvgIpc) is 2.99. The van der Waals surface area contributed by atoms with Crippen molar-refractivity contribution in [2.75, 3.05) is 6.54 Å². The molecule has 0 aromatic carbocycles. The fourth-order valence-electron chi connectivity index (χ4n) is 2.29. The van der Waals surface area contributed by atoms with E-state index in [1.54, 1.807) is 14.0 Å². The molecule has 2 rings (SSSR count). The molecule has 2 aromatic rings. The number of amides is 1. The van der Waals surface area contributed by atoms with E-state index in [1.165, 1.54) is 17.8 Å². The van der Waals surface area contributed by atoms with Crippen LogP contribution in [0.3, 0.4) is 0 Å². The van der Waals surface area contributed by atoms with Crippen LogP contribution in [-0.2, 0) is 19.8 Å². The molecular formula is C14H17ClF3N5O. The Bertz CT molecular complexity index is 718. The summed E-state index contributed by atoms with van der Waals surface area (Å²) in [7, 11) is 1.58. The summed E-state index contributed by atoms with van der Waals surface area (Å²) in [4.78, 5) is 12.1. The van der Waals surface area contributed by atoms with Crippen molar-refractivity contribution in [1.29, 1.82) is 0 Å². The van der Waals surface area contributed by atoms with Gasteiger partial charge in [-0.15, -0.1) is 0 Å². The number of hydrogen-bond acceptors (Lipinski definition) is 3. The van der Waals surface area contributed by atoms with Crippen LogP contribution in [0.5, 0.6) is 0 Å². The molecule has 0 aliphatic heterocycles. The van der Waals surface area contributed by atoms with E-state index >= 15 is 0 Å². The molecule has 0 radical (unpaired) electrons. The van der Waals surface area contributed by atoms with E-state index in [0.717, 1.165) is 10.7 Å². The SMILES string of the molecule is Cc1cc(C(F)(F)F)n(C[C@H](C)CNC(=O)c2c(Cl)cnn2C)n1. The van der Waals surface area contributed by atoms with E-state index in [9.17, 15) is 18.0 Å². The summed E-state index contributed by atoms with van der Waals surface area (Å²) in [6.45, 7) is 3.43. The van der Waals surface area contributed by atoms with Crippen LogP contribution in [0.2, 0.25) is 5.02 Å². The van der Waals surface area contributed by atoms with Gasteiger partial charge in [0.25, 0.3) is 5.91 Å². The predicted molar refractivity (Wildman–Crippen MR) is 81.7 cm³/mol. The third-order valence-corrected chi connectivity index (χ3v) is 3.67. The molecule has 0 saturated heterocycles. The van der Waals surface area contributed by atoms with Crippen molar-refractivity contribution in [2.45, 2.75) is 26.6 Å². The topological polar surface area (TPSA) is 64.7 Å². The highest BCUT2D eigenvalue weighted by atomic mass is 35.5. The summed E-state index contributed by atoms with van der Waals surface area (Å²) >= 11 is 5.88. The minimum atomic E-state index is -4.47. The smallest absolute Gasteiger partial charge is 0.350 e. The molecule has 0 fully saturated rings. The molecule has 0 saturated carbocycles. The Kier molecular flexibility index (Phi) is 5.22. The van der Waals surface area contributed by atoms with Gasteiger partial charge in [-0.05, 0) is 18.9 Å². The standard InChI is InChI=1S/C14H17ClF3N5O/c1-8(5-19-13(24)12-10(15)6-20-22(12)3)7-23-11(14(16,17)18)4-9(2)21-23/h4,6,8H,5,7H2,1-3H3,(H,19,24)/t8-/m1/s1. The van der Waals surface area contributed by atoms with Gasteiger partial charge in [-0.25, -0.2) is 0 Å². The zero-order valence-corrected chi connectivity index (χ0v) is 14.1. The maximum absolute atomic E-state index is 12.9. The summed E-state index contributed by atoms with van der Waals surface area (Å²) in [5.41, 5.74) is -0.303. The van der Waals surface area contributed by atoms with Crippen molar-refractivity contribution in [1.82, 2.24) is 24.9 Å². The van der Waals surface area contributed by atoms with Crippen molar-refractivity contribution in [3.63, 3.8) is 0 Å². The normalized spacial score (nSPS) is 13.1. The lowest BCUT2D eigenvalue weighted by molar-refractivity contribution is -0.144. The molecule has 24 heavy (non-hydrogen) atoms. The van der Waals surface area contributed by atoms with Crippen LogP contribution in [0.25, 0.3) is 0 Å². The van der Waals surface area contributed by atoms with Crippen LogP contribution in [0.4, 0.5) is 13.2 Å². The number of nitrogens with zero attached hydrogens (tertiary/aromatic N) is 4. The molecule has 132 valence electrons. The zero-order valence-electron chi connectivity index (χ0n) is 13.4. The Morgan fingerprint density at radius 1 is 1.46 bits per heavy atom. The lowest BCUT2D eigenvalue weighted by atomic mass is 10.1. The number of rotatable bonds is 5. The first-order chi connectivity index (χ1) is 11.1. The molecule has 10 heteroatoms. The van der Waals surface area contributed by atoms with Crippen LogP contribution < -0.4 is 5.32 Å². The minimum Gasteiger partial charge on any atom is -0.350 e. The summed E-state index contributed by atoms with van der Waals surface area (Å²) in [5, 5.41) is 10.6. The summed E-state index contributed by atoms with van der Waals surface area (Å²) in [5.74, 6) is -0.694. The minimum absolute atomic E-state index is 0.0298.